The number of anilines is 1. The lowest BCUT2D eigenvalue weighted by atomic mass is 10.0. The van der Waals surface area contributed by atoms with Crippen LogP contribution in [0.2, 0.25) is 5.02 Å². The number of nitrogens with zero attached hydrogens (tertiary/aromatic N) is 2. The van der Waals surface area contributed by atoms with Crippen molar-refractivity contribution in [2.45, 2.75) is 62.6 Å². The van der Waals surface area contributed by atoms with E-state index in [9.17, 15) is 18.0 Å². The highest BCUT2D eigenvalue weighted by molar-refractivity contribution is 9.10. The van der Waals surface area contributed by atoms with E-state index in [-0.39, 0.29) is 29.8 Å². The fourth-order valence-corrected chi connectivity index (χ4v) is 7.73. The number of carbonyl (C=O) groups excluding carboxylic acids is 2. The van der Waals surface area contributed by atoms with Gasteiger partial charge in [0.15, 0.2) is 0 Å². The summed E-state index contributed by atoms with van der Waals surface area (Å²) in [5, 5.41) is 3.58. The maximum Gasteiger partial charge on any atom is 0.264 e. The Labute approximate surface area is 284 Å². The van der Waals surface area contributed by atoms with E-state index in [4.69, 9.17) is 11.6 Å². The van der Waals surface area contributed by atoms with Crippen molar-refractivity contribution in [3.63, 3.8) is 0 Å². The van der Waals surface area contributed by atoms with Gasteiger partial charge in [0, 0.05) is 28.5 Å². The number of amides is 2. The highest BCUT2D eigenvalue weighted by Gasteiger charge is 2.36. The van der Waals surface area contributed by atoms with Gasteiger partial charge < -0.3 is 10.2 Å². The molecule has 46 heavy (non-hydrogen) atoms. The maximum atomic E-state index is 14.6. The summed E-state index contributed by atoms with van der Waals surface area (Å²) < 4.78 is 30.4. The van der Waals surface area contributed by atoms with Crippen LogP contribution in [0.3, 0.4) is 0 Å². The van der Waals surface area contributed by atoms with Gasteiger partial charge in [0.1, 0.15) is 12.6 Å². The number of carbonyl (C=O) groups is 2. The Bertz CT molecular complexity index is 1750. The molecule has 0 bridgehead atoms. The highest BCUT2D eigenvalue weighted by atomic mass is 79.9. The van der Waals surface area contributed by atoms with E-state index < -0.39 is 28.5 Å². The molecule has 1 aliphatic carbocycles. The van der Waals surface area contributed by atoms with Crippen molar-refractivity contribution >= 4 is 55.1 Å². The molecule has 0 unspecified atom stereocenters. The molecule has 0 aliphatic heterocycles. The van der Waals surface area contributed by atoms with Gasteiger partial charge in [-0.05, 0) is 72.9 Å². The number of rotatable bonds is 12. The molecule has 1 atom stereocenters. The fourth-order valence-electron chi connectivity index (χ4n) is 5.81. The van der Waals surface area contributed by atoms with E-state index >= 15 is 0 Å². The topological polar surface area (TPSA) is 86.8 Å². The van der Waals surface area contributed by atoms with Gasteiger partial charge in [0.05, 0.1) is 10.6 Å². The molecule has 1 aliphatic rings. The molecular formula is C36H37BrClN3O4S. The van der Waals surface area contributed by atoms with Crippen LogP contribution >= 0.6 is 27.5 Å². The summed E-state index contributed by atoms with van der Waals surface area (Å²) >= 11 is 9.94. The molecule has 7 nitrogen and oxygen atoms in total. The zero-order valence-corrected chi connectivity index (χ0v) is 28.8. The molecule has 10 heteroatoms. The van der Waals surface area contributed by atoms with Crippen molar-refractivity contribution in [1.82, 2.24) is 10.2 Å². The summed E-state index contributed by atoms with van der Waals surface area (Å²) in [5.41, 5.74) is 2.51. The third kappa shape index (κ3) is 8.18. The highest BCUT2D eigenvalue weighted by Crippen LogP contribution is 2.31. The first kappa shape index (κ1) is 33.7. The van der Waals surface area contributed by atoms with Gasteiger partial charge in [0.25, 0.3) is 10.0 Å². The summed E-state index contributed by atoms with van der Waals surface area (Å²) in [4.78, 5) is 30.3. The Morgan fingerprint density at radius 1 is 0.870 bits per heavy atom. The van der Waals surface area contributed by atoms with Gasteiger partial charge in [0.2, 0.25) is 11.8 Å². The van der Waals surface area contributed by atoms with E-state index in [1.165, 1.54) is 17.0 Å². The minimum absolute atomic E-state index is 0.0412. The van der Waals surface area contributed by atoms with Crippen molar-refractivity contribution in [2.24, 2.45) is 0 Å². The van der Waals surface area contributed by atoms with Crippen LogP contribution in [0.1, 0.15) is 42.4 Å². The van der Waals surface area contributed by atoms with Gasteiger partial charge in [-0.25, -0.2) is 8.42 Å². The Morgan fingerprint density at radius 2 is 1.50 bits per heavy atom. The lowest BCUT2D eigenvalue weighted by Crippen LogP contribution is -2.54. The molecule has 5 rings (SSSR count). The molecule has 0 radical (unpaired) electrons. The van der Waals surface area contributed by atoms with Crippen molar-refractivity contribution < 1.29 is 18.0 Å². The zero-order chi connectivity index (χ0) is 32.7. The first-order chi connectivity index (χ1) is 22.1. The monoisotopic (exact) mass is 721 g/mol. The number of nitrogens with one attached hydrogen (secondary N) is 1. The Morgan fingerprint density at radius 3 is 2.15 bits per heavy atom. The normalized spacial score (nSPS) is 14.1. The number of hydrogen-bond acceptors (Lipinski definition) is 4. The molecule has 4 aromatic rings. The van der Waals surface area contributed by atoms with Gasteiger partial charge in [-0.2, -0.15) is 0 Å². The van der Waals surface area contributed by atoms with E-state index in [1.54, 1.807) is 43.3 Å². The van der Waals surface area contributed by atoms with Gasteiger partial charge >= 0.3 is 0 Å². The van der Waals surface area contributed by atoms with E-state index in [0.717, 1.165) is 45.6 Å². The molecule has 1 saturated carbocycles. The zero-order valence-electron chi connectivity index (χ0n) is 25.6. The predicted molar refractivity (Wildman–Crippen MR) is 186 cm³/mol. The van der Waals surface area contributed by atoms with Crippen molar-refractivity contribution in [3.8, 4) is 0 Å². The summed E-state index contributed by atoms with van der Waals surface area (Å²) in [6, 6.07) is 29.2. The Hall–Kier alpha value is -3.66. The van der Waals surface area contributed by atoms with Crippen LogP contribution in [0.25, 0.3) is 0 Å². The first-order valence-corrected chi connectivity index (χ1v) is 18.0. The molecule has 1 fully saturated rings. The SMILES string of the molecule is Cc1c(Cl)cccc1N(CC(=O)N(Cc1ccc(Br)cc1)[C@@H](Cc1ccccc1)C(=O)NC1CCCC1)S(=O)(=O)c1ccccc1. The van der Waals surface area contributed by atoms with Gasteiger partial charge in [-0.15, -0.1) is 0 Å². The predicted octanol–water partition coefficient (Wildman–Crippen LogP) is 7.31. The molecule has 0 aromatic heterocycles. The number of halogens is 2. The van der Waals surface area contributed by atoms with E-state index in [0.29, 0.717) is 16.3 Å². The standard InChI is InChI=1S/C36H37BrClN3O4S/c1-26-32(38)17-10-18-33(26)41(46(44,45)31-15-6-3-7-16-31)25-35(42)40(24-28-19-21-29(37)22-20-28)34(23-27-11-4-2-5-12-27)36(43)39-30-13-8-9-14-30/h2-7,10-12,15-22,30,34H,8-9,13-14,23-25H2,1H3,(H,39,43)/t34-/m0/s1. The minimum Gasteiger partial charge on any atom is -0.352 e. The van der Waals surface area contributed by atoms with Crippen LogP contribution in [-0.4, -0.2) is 43.8 Å². The molecule has 240 valence electrons. The number of sulfonamides is 1. The van der Waals surface area contributed by atoms with Gasteiger partial charge in [-0.1, -0.05) is 107 Å². The number of benzene rings is 4. The summed E-state index contributed by atoms with van der Waals surface area (Å²) in [6.45, 7) is 1.30. The van der Waals surface area contributed by atoms with E-state index in [1.807, 2.05) is 54.6 Å². The average Bonchev–Trinajstić information content (AvgIpc) is 3.57. The summed E-state index contributed by atoms with van der Waals surface area (Å²) in [6.07, 6.45) is 4.13. The molecule has 1 N–H and O–H groups in total. The Kier molecular flexibility index (Phi) is 11.2. The van der Waals surface area contributed by atoms with Crippen molar-refractivity contribution in [3.05, 3.63) is 129 Å². The third-order valence-corrected chi connectivity index (χ3v) is 11.1. The van der Waals surface area contributed by atoms with Crippen LogP contribution in [-0.2, 0) is 32.6 Å². The summed E-state index contributed by atoms with van der Waals surface area (Å²) in [5.74, 6) is -0.762. The van der Waals surface area contributed by atoms with Crippen molar-refractivity contribution in [2.75, 3.05) is 10.8 Å². The second-order valence-electron chi connectivity index (χ2n) is 11.6. The lowest BCUT2D eigenvalue weighted by Gasteiger charge is -2.34. The second kappa shape index (κ2) is 15.3. The molecule has 0 spiro atoms. The minimum atomic E-state index is -4.20. The second-order valence-corrected chi connectivity index (χ2v) is 14.7. The lowest BCUT2D eigenvalue weighted by molar-refractivity contribution is -0.140. The Balaban J connectivity index is 1.58. The van der Waals surface area contributed by atoms with Crippen LogP contribution in [0.4, 0.5) is 5.69 Å². The largest absolute Gasteiger partial charge is 0.352 e. The van der Waals surface area contributed by atoms with Crippen LogP contribution < -0.4 is 9.62 Å². The first-order valence-electron chi connectivity index (χ1n) is 15.3. The van der Waals surface area contributed by atoms with Crippen LogP contribution in [0.15, 0.2) is 112 Å². The maximum absolute atomic E-state index is 14.6. The average molecular weight is 723 g/mol. The molecule has 0 heterocycles. The number of hydrogen-bond donors (Lipinski definition) is 1. The molecule has 0 saturated heterocycles. The van der Waals surface area contributed by atoms with Crippen LogP contribution in [0, 0.1) is 6.92 Å². The summed E-state index contributed by atoms with van der Waals surface area (Å²) in [7, 11) is -4.20. The fraction of sp³-hybridized carbons (Fsp3) is 0.278. The molecule has 4 aromatic carbocycles. The molecular weight excluding hydrogens is 686 g/mol. The molecule has 2 amide bonds. The third-order valence-electron chi connectivity index (χ3n) is 8.36. The van der Waals surface area contributed by atoms with Crippen molar-refractivity contribution in [1.29, 1.82) is 0 Å². The van der Waals surface area contributed by atoms with Gasteiger partial charge in [-0.3, -0.25) is 13.9 Å². The van der Waals surface area contributed by atoms with E-state index in [2.05, 4.69) is 21.2 Å². The quantitative estimate of drug-likeness (QED) is 0.166. The smallest absolute Gasteiger partial charge is 0.264 e. The van der Waals surface area contributed by atoms with Crippen LogP contribution in [0.5, 0.6) is 0 Å².